The van der Waals surface area contributed by atoms with Gasteiger partial charge in [-0.3, -0.25) is 0 Å². The molecule has 17 aromatic rings. The van der Waals surface area contributed by atoms with Crippen molar-refractivity contribution in [3.63, 3.8) is 0 Å². The summed E-state index contributed by atoms with van der Waals surface area (Å²) in [5, 5.41) is 12.1. The maximum atomic E-state index is 6.44. The van der Waals surface area contributed by atoms with E-state index < -0.39 is 0 Å². The molecule has 15 aromatic carbocycles. The molecule has 8 bridgehead atoms. The number of furan rings is 2. The summed E-state index contributed by atoms with van der Waals surface area (Å²) in [5.74, 6) is 6.81. The van der Waals surface area contributed by atoms with E-state index in [1.165, 1.54) is 141 Å². The predicted octanol–water partition coefficient (Wildman–Crippen LogP) is 28.4. The minimum absolute atomic E-state index is 0.169. The van der Waals surface area contributed by atoms with Crippen molar-refractivity contribution in [1.82, 2.24) is 0 Å². The fraction of sp³-hybridized carbons (Fsp3) is 0.192. The summed E-state index contributed by atoms with van der Waals surface area (Å²) in [6.07, 6.45) is 14.2. The third-order valence-corrected chi connectivity index (χ3v) is 28.3. The Morgan fingerprint density at radius 2 is 0.583 bits per heavy atom. The van der Waals surface area contributed by atoms with Crippen LogP contribution in [-0.4, -0.2) is 0 Å². The summed E-state index contributed by atoms with van der Waals surface area (Å²) in [5.41, 5.74) is 28.3. The van der Waals surface area contributed by atoms with E-state index in [4.69, 9.17) is 8.83 Å². The highest BCUT2D eigenvalue weighted by atomic mass is 16.3. The molecule has 8 fully saturated rings. The minimum atomic E-state index is 0.169. The van der Waals surface area contributed by atoms with Gasteiger partial charge in [0.25, 0.3) is 0 Å². The molecule has 0 aliphatic heterocycles. The molecule has 10 aliphatic rings. The van der Waals surface area contributed by atoms with Crippen LogP contribution >= 0.6 is 0 Å². The van der Waals surface area contributed by atoms with E-state index in [0.717, 1.165) is 125 Å². The van der Waals surface area contributed by atoms with E-state index in [2.05, 4.69) is 313 Å². The van der Waals surface area contributed by atoms with E-state index >= 15 is 0 Å². The van der Waals surface area contributed by atoms with Crippen LogP contribution in [-0.2, 0) is 10.8 Å². The zero-order valence-electron chi connectivity index (χ0n) is 60.4. The molecule has 4 heteroatoms. The van der Waals surface area contributed by atoms with Crippen LogP contribution in [0.5, 0.6) is 0 Å². The average molecular weight is 1390 g/mol. The number of hydrogen-bond donors (Lipinski definition) is 0. The third kappa shape index (κ3) is 8.86. The molecule has 0 radical (unpaired) electrons. The Morgan fingerprint density at radius 1 is 0.231 bits per heavy atom. The zero-order chi connectivity index (χ0) is 70.5. The molecule has 8 saturated carbocycles. The van der Waals surface area contributed by atoms with Gasteiger partial charge in [0.05, 0.1) is 5.69 Å². The summed E-state index contributed by atoms with van der Waals surface area (Å²) in [4.78, 5) is 4.78. The number of benzene rings is 15. The molecule has 0 saturated heterocycles. The fourth-order valence-electron chi connectivity index (χ4n) is 24.6. The van der Waals surface area contributed by atoms with Crippen molar-refractivity contribution in [2.24, 2.45) is 47.3 Å². The van der Waals surface area contributed by atoms with Crippen LogP contribution in [0.1, 0.15) is 86.5 Å². The molecule has 4 nitrogen and oxygen atoms in total. The number of hydrogen-bond acceptors (Lipinski definition) is 4. The zero-order valence-corrected chi connectivity index (χ0v) is 60.4. The molecular weight excluding hydrogens is 1310 g/mol. The van der Waals surface area contributed by atoms with Gasteiger partial charge in [0.15, 0.2) is 0 Å². The van der Waals surface area contributed by atoms with Crippen molar-refractivity contribution in [2.45, 2.75) is 75.0 Å². The maximum absolute atomic E-state index is 6.44. The lowest BCUT2D eigenvalue weighted by molar-refractivity contribution is -0.0399. The quantitative estimate of drug-likeness (QED) is 0.142. The summed E-state index contributed by atoms with van der Waals surface area (Å²) < 4.78 is 12.8. The van der Waals surface area contributed by atoms with E-state index in [0.29, 0.717) is 0 Å². The number of fused-ring (bicyclic) bond motifs is 16. The van der Waals surface area contributed by atoms with Crippen LogP contribution < -0.4 is 9.80 Å². The average Bonchev–Trinajstić information content (AvgIpc) is 1.50. The van der Waals surface area contributed by atoms with Crippen LogP contribution in [0.15, 0.2) is 324 Å². The van der Waals surface area contributed by atoms with Gasteiger partial charge in [0.2, 0.25) is 0 Å². The number of anilines is 6. The minimum Gasteiger partial charge on any atom is -0.456 e. The largest absolute Gasteiger partial charge is 0.456 e. The van der Waals surface area contributed by atoms with Crippen molar-refractivity contribution in [2.75, 3.05) is 9.80 Å². The van der Waals surface area contributed by atoms with Crippen molar-refractivity contribution < 1.29 is 8.83 Å². The first-order chi connectivity index (χ1) is 53.4. The Kier molecular flexibility index (Phi) is 13.3. The second-order valence-corrected chi connectivity index (χ2v) is 33.4. The molecular formula is C104H80N2O2. The lowest BCUT2D eigenvalue weighted by Crippen LogP contribution is -2.55. The predicted molar refractivity (Wildman–Crippen MR) is 447 cm³/mol. The van der Waals surface area contributed by atoms with Gasteiger partial charge in [-0.05, 0) is 284 Å². The lowest BCUT2D eigenvalue weighted by Gasteiger charge is -2.61. The molecule has 0 atom stereocenters. The van der Waals surface area contributed by atoms with Gasteiger partial charge in [-0.2, -0.15) is 0 Å². The molecule has 108 heavy (non-hydrogen) atoms. The van der Waals surface area contributed by atoms with Crippen LogP contribution in [0.3, 0.4) is 0 Å². The molecule has 0 amide bonds. The molecule has 0 N–H and O–H groups in total. The summed E-state index contributed by atoms with van der Waals surface area (Å²) in [6.45, 7) is 0. The highest BCUT2D eigenvalue weighted by molar-refractivity contribution is 6.11. The van der Waals surface area contributed by atoms with Gasteiger partial charge in [0, 0.05) is 78.3 Å². The van der Waals surface area contributed by atoms with Crippen molar-refractivity contribution in [3.8, 4) is 44.5 Å². The van der Waals surface area contributed by atoms with Crippen LogP contribution in [0, 0.1) is 47.3 Å². The Labute approximate surface area is 629 Å². The number of nitrogens with zero attached hydrogens (tertiary/aromatic N) is 2. The smallest absolute Gasteiger partial charge is 0.137 e. The molecule has 2 aromatic heterocycles. The lowest BCUT2D eigenvalue weighted by atomic mass is 9.43. The normalized spacial score (nSPS) is 23.4. The molecule has 0 unspecified atom stereocenters. The summed E-state index contributed by atoms with van der Waals surface area (Å²) >= 11 is 0. The van der Waals surface area contributed by atoms with Crippen molar-refractivity contribution >= 4 is 110 Å². The van der Waals surface area contributed by atoms with Gasteiger partial charge >= 0.3 is 0 Å². The summed E-state index contributed by atoms with van der Waals surface area (Å²) in [7, 11) is 0. The first-order valence-corrected chi connectivity index (χ1v) is 39.9. The second kappa shape index (κ2) is 23.4. The SMILES string of the molecule is c1ccc2c(c1)-c1c(-c3ccc(N(c4ccc5c(c4)oc4ccccc45)c4cccc5ccccc45)cc3)cccc1C21C2CC3CC(C2)CC1C3.c1ccc2c(c1)-c1c(-c3ccc(N(c4ccc5c(ccc6ccccc65)c4)c4ccc5c(c4)oc4ccccc45)cc3)cccc1C21C2CC3CC(C2)CC1C3. The first kappa shape index (κ1) is 61.4. The highest BCUT2D eigenvalue weighted by Gasteiger charge is 2.63. The van der Waals surface area contributed by atoms with Gasteiger partial charge in [-0.1, -0.05) is 224 Å². The molecule has 518 valence electrons. The van der Waals surface area contributed by atoms with Gasteiger partial charge in [0.1, 0.15) is 22.3 Å². The Morgan fingerprint density at radius 3 is 1.11 bits per heavy atom. The van der Waals surface area contributed by atoms with Crippen LogP contribution in [0.25, 0.3) is 121 Å². The van der Waals surface area contributed by atoms with Crippen LogP contribution in [0.2, 0.25) is 0 Å². The van der Waals surface area contributed by atoms with Crippen molar-refractivity contribution in [3.05, 3.63) is 338 Å². The second-order valence-electron chi connectivity index (χ2n) is 33.4. The topological polar surface area (TPSA) is 32.8 Å². The Balaban J connectivity index is 0.000000127. The number of para-hydroxylation sites is 2. The molecule has 27 rings (SSSR count). The van der Waals surface area contributed by atoms with Gasteiger partial charge < -0.3 is 18.6 Å². The summed E-state index contributed by atoms with van der Waals surface area (Å²) in [6, 6.07) is 118. The molecule has 2 heterocycles. The first-order valence-electron chi connectivity index (χ1n) is 39.9. The fourth-order valence-corrected chi connectivity index (χ4v) is 24.6. The standard InChI is InChI=1S/C54H41NO.C50H39NO/c1-2-9-43-35(8-1)16-17-37-31-41(22-24-44(37)43)55(42-23-25-47-46-10-4-6-15-51(46)56-52(47)32-42)40-20-18-36(19-21-40)45-12-7-14-50-53(45)48-11-3-5-13-49(48)54(50)38-27-33-26-34(29-38)30-39(54)28-33;1-2-11-39-33(9-1)10-7-17-46(39)51(38-23-24-42-41-12-4-6-18-47(41)52-48(42)30-38)37-21-19-34(20-22-37)40-14-8-16-45-49(40)43-13-3-5-15-44(43)50(45)35-26-31-25-32(28-35)29-36(50)27-31/h1-25,31-34,38-39H,26-30H2;1-24,30-32,35-36H,25-29H2. The molecule has 2 spiro atoms. The Bertz CT molecular complexity index is 6500. The van der Waals surface area contributed by atoms with E-state index in [-0.39, 0.29) is 10.8 Å². The number of rotatable bonds is 8. The van der Waals surface area contributed by atoms with E-state index in [1.807, 2.05) is 12.1 Å². The third-order valence-electron chi connectivity index (χ3n) is 28.3. The van der Waals surface area contributed by atoms with E-state index in [1.54, 1.807) is 22.3 Å². The van der Waals surface area contributed by atoms with E-state index in [9.17, 15) is 0 Å². The monoisotopic (exact) mass is 1390 g/mol. The van der Waals surface area contributed by atoms with Crippen molar-refractivity contribution in [1.29, 1.82) is 0 Å². The Hall–Kier alpha value is -11.7. The van der Waals surface area contributed by atoms with Gasteiger partial charge in [-0.25, -0.2) is 0 Å². The molecule has 10 aliphatic carbocycles. The van der Waals surface area contributed by atoms with Crippen LogP contribution in [0.4, 0.5) is 34.1 Å². The highest BCUT2D eigenvalue weighted by Crippen LogP contribution is 2.72. The maximum Gasteiger partial charge on any atom is 0.137 e. The van der Waals surface area contributed by atoms with Gasteiger partial charge in [-0.15, -0.1) is 0 Å².